The van der Waals surface area contributed by atoms with Gasteiger partial charge in [-0.2, -0.15) is 0 Å². The maximum absolute atomic E-state index is 9.32. The Morgan fingerprint density at radius 1 is 1.05 bits per heavy atom. The normalized spacial score (nSPS) is 10.5. The molecule has 0 saturated carbocycles. The standard InChI is InChI=1S/C17H20ClNO3/c1-21-16-8-12(7-15(18)17(16)22-2)9-19-10-13-5-3-4-6-14(13)11-20/h3-8,19-20H,9-11H2,1-2H3. The Kier molecular flexibility index (Phi) is 6.07. The Morgan fingerprint density at radius 3 is 2.41 bits per heavy atom. The summed E-state index contributed by atoms with van der Waals surface area (Å²) in [6.45, 7) is 1.35. The lowest BCUT2D eigenvalue weighted by Crippen LogP contribution is -2.14. The van der Waals surface area contributed by atoms with E-state index in [1.165, 1.54) is 0 Å². The second-order valence-corrected chi connectivity index (χ2v) is 5.25. The summed E-state index contributed by atoms with van der Waals surface area (Å²) in [6, 6.07) is 11.6. The van der Waals surface area contributed by atoms with Crippen LogP contribution in [-0.4, -0.2) is 19.3 Å². The molecule has 0 heterocycles. The van der Waals surface area contributed by atoms with E-state index in [2.05, 4.69) is 5.32 Å². The Balaban J connectivity index is 2.04. The lowest BCUT2D eigenvalue weighted by atomic mass is 10.1. The number of hydrogen-bond acceptors (Lipinski definition) is 4. The van der Waals surface area contributed by atoms with E-state index in [-0.39, 0.29) is 6.61 Å². The van der Waals surface area contributed by atoms with Crippen LogP contribution in [0.25, 0.3) is 0 Å². The highest BCUT2D eigenvalue weighted by Gasteiger charge is 2.10. The number of hydrogen-bond donors (Lipinski definition) is 2. The van der Waals surface area contributed by atoms with E-state index < -0.39 is 0 Å². The highest BCUT2D eigenvalue weighted by molar-refractivity contribution is 6.32. The topological polar surface area (TPSA) is 50.7 Å². The first kappa shape index (κ1) is 16.6. The van der Waals surface area contributed by atoms with Crippen molar-refractivity contribution in [1.29, 1.82) is 0 Å². The number of methoxy groups -OCH3 is 2. The van der Waals surface area contributed by atoms with Crippen LogP contribution < -0.4 is 14.8 Å². The molecule has 0 aliphatic carbocycles. The molecule has 0 aliphatic heterocycles. The van der Waals surface area contributed by atoms with Gasteiger partial charge in [-0.05, 0) is 28.8 Å². The van der Waals surface area contributed by atoms with Crippen LogP contribution in [0, 0.1) is 0 Å². The van der Waals surface area contributed by atoms with Gasteiger partial charge in [-0.25, -0.2) is 0 Å². The van der Waals surface area contributed by atoms with Crippen molar-refractivity contribution in [3.05, 3.63) is 58.1 Å². The van der Waals surface area contributed by atoms with E-state index in [1.54, 1.807) is 14.2 Å². The van der Waals surface area contributed by atoms with Gasteiger partial charge in [-0.1, -0.05) is 35.9 Å². The van der Waals surface area contributed by atoms with Crippen LogP contribution in [0.5, 0.6) is 11.5 Å². The molecule has 118 valence electrons. The summed E-state index contributed by atoms with van der Waals surface area (Å²) in [4.78, 5) is 0. The average Bonchev–Trinajstić information content (AvgIpc) is 2.54. The van der Waals surface area contributed by atoms with E-state index in [0.29, 0.717) is 29.6 Å². The molecule has 2 N–H and O–H groups in total. The number of benzene rings is 2. The summed E-state index contributed by atoms with van der Waals surface area (Å²) in [5.41, 5.74) is 3.01. The molecule has 0 unspecified atom stereocenters. The third kappa shape index (κ3) is 3.91. The fraction of sp³-hybridized carbons (Fsp3) is 0.294. The molecule has 2 rings (SSSR count). The van der Waals surface area contributed by atoms with Crippen molar-refractivity contribution in [2.45, 2.75) is 19.7 Å². The van der Waals surface area contributed by atoms with Gasteiger partial charge in [0.05, 0.1) is 25.8 Å². The molecular formula is C17H20ClNO3. The molecule has 0 aromatic heterocycles. The SMILES string of the molecule is COc1cc(CNCc2ccccc2CO)cc(Cl)c1OC. The third-order valence-electron chi connectivity index (χ3n) is 3.43. The van der Waals surface area contributed by atoms with Gasteiger partial charge in [0, 0.05) is 13.1 Å². The van der Waals surface area contributed by atoms with Gasteiger partial charge < -0.3 is 19.9 Å². The molecule has 0 amide bonds. The number of rotatable bonds is 7. The molecule has 0 fully saturated rings. The maximum Gasteiger partial charge on any atom is 0.179 e. The second kappa shape index (κ2) is 8.03. The Bertz CT molecular complexity index is 631. The minimum atomic E-state index is 0.0417. The molecule has 0 aliphatic rings. The Labute approximate surface area is 135 Å². The number of ether oxygens (including phenoxy) is 2. The van der Waals surface area contributed by atoms with Crippen molar-refractivity contribution in [3.8, 4) is 11.5 Å². The van der Waals surface area contributed by atoms with Gasteiger partial charge >= 0.3 is 0 Å². The third-order valence-corrected chi connectivity index (χ3v) is 3.71. The molecule has 22 heavy (non-hydrogen) atoms. The van der Waals surface area contributed by atoms with Crippen molar-refractivity contribution < 1.29 is 14.6 Å². The molecule has 4 nitrogen and oxygen atoms in total. The van der Waals surface area contributed by atoms with Gasteiger partial charge in [-0.3, -0.25) is 0 Å². The molecule has 5 heteroatoms. The first-order chi connectivity index (χ1) is 10.7. The predicted molar refractivity (Wildman–Crippen MR) is 87.5 cm³/mol. The number of nitrogens with one attached hydrogen (secondary N) is 1. The zero-order chi connectivity index (χ0) is 15.9. The molecule has 2 aromatic carbocycles. The van der Waals surface area contributed by atoms with Crippen LogP contribution in [0.1, 0.15) is 16.7 Å². The number of aliphatic hydroxyl groups is 1. The van der Waals surface area contributed by atoms with Crippen molar-refractivity contribution in [1.82, 2.24) is 5.32 Å². The second-order valence-electron chi connectivity index (χ2n) is 4.84. The van der Waals surface area contributed by atoms with Crippen molar-refractivity contribution in [3.63, 3.8) is 0 Å². The highest BCUT2D eigenvalue weighted by atomic mass is 35.5. The lowest BCUT2D eigenvalue weighted by molar-refractivity contribution is 0.280. The molecular weight excluding hydrogens is 302 g/mol. The zero-order valence-electron chi connectivity index (χ0n) is 12.7. The van der Waals surface area contributed by atoms with Gasteiger partial charge in [-0.15, -0.1) is 0 Å². The molecule has 0 radical (unpaired) electrons. The Morgan fingerprint density at radius 2 is 1.77 bits per heavy atom. The van der Waals surface area contributed by atoms with E-state index in [4.69, 9.17) is 21.1 Å². The summed E-state index contributed by atoms with van der Waals surface area (Å²) in [7, 11) is 3.15. The predicted octanol–water partition coefficient (Wildman–Crippen LogP) is 3.14. The molecule has 2 aromatic rings. The highest BCUT2D eigenvalue weighted by Crippen LogP contribution is 2.35. The Hall–Kier alpha value is -1.75. The smallest absolute Gasteiger partial charge is 0.179 e. The summed E-state index contributed by atoms with van der Waals surface area (Å²) < 4.78 is 10.5. The van der Waals surface area contributed by atoms with Crippen molar-refractivity contribution in [2.24, 2.45) is 0 Å². The van der Waals surface area contributed by atoms with Gasteiger partial charge in [0.2, 0.25) is 0 Å². The first-order valence-corrected chi connectivity index (χ1v) is 7.36. The number of halogens is 1. The quantitative estimate of drug-likeness (QED) is 0.822. The molecule has 0 saturated heterocycles. The van der Waals surface area contributed by atoms with Crippen LogP contribution in [0.15, 0.2) is 36.4 Å². The average molecular weight is 322 g/mol. The summed E-state index contributed by atoms with van der Waals surface area (Å²) >= 11 is 6.19. The van der Waals surface area contributed by atoms with E-state index in [9.17, 15) is 5.11 Å². The number of aliphatic hydroxyl groups excluding tert-OH is 1. The minimum absolute atomic E-state index is 0.0417. The zero-order valence-corrected chi connectivity index (χ0v) is 13.5. The van der Waals surface area contributed by atoms with Crippen molar-refractivity contribution >= 4 is 11.6 Å². The van der Waals surface area contributed by atoms with Gasteiger partial charge in [0.25, 0.3) is 0 Å². The summed E-state index contributed by atoms with van der Waals surface area (Å²) in [5, 5.41) is 13.2. The van der Waals surface area contributed by atoms with E-state index >= 15 is 0 Å². The van der Waals surface area contributed by atoms with Crippen LogP contribution >= 0.6 is 11.6 Å². The van der Waals surface area contributed by atoms with Crippen LogP contribution in [0.3, 0.4) is 0 Å². The van der Waals surface area contributed by atoms with Crippen LogP contribution in [0.2, 0.25) is 5.02 Å². The molecule has 0 bridgehead atoms. The van der Waals surface area contributed by atoms with Crippen LogP contribution in [0.4, 0.5) is 0 Å². The molecule has 0 spiro atoms. The fourth-order valence-electron chi connectivity index (χ4n) is 2.30. The first-order valence-electron chi connectivity index (χ1n) is 6.98. The molecule has 0 atom stereocenters. The largest absolute Gasteiger partial charge is 0.493 e. The van der Waals surface area contributed by atoms with E-state index in [1.807, 2.05) is 36.4 Å². The van der Waals surface area contributed by atoms with Gasteiger partial charge in [0.15, 0.2) is 11.5 Å². The fourth-order valence-corrected chi connectivity index (χ4v) is 2.61. The summed E-state index contributed by atoms with van der Waals surface area (Å²) in [5.74, 6) is 1.15. The van der Waals surface area contributed by atoms with E-state index in [0.717, 1.165) is 16.7 Å². The monoisotopic (exact) mass is 321 g/mol. The van der Waals surface area contributed by atoms with Gasteiger partial charge in [0.1, 0.15) is 0 Å². The van der Waals surface area contributed by atoms with Crippen molar-refractivity contribution in [2.75, 3.05) is 14.2 Å². The van der Waals surface area contributed by atoms with Crippen LogP contribution in [-0.2, 0) is 19.7 Å². The minimum Gasteiger partial charge on any atom is -0.493 e. The lowest BCUT2D eigenvalue weighted by Gasteiger charge is -2.13. The maximum atomic E-state index is 9.32. The summed E-state index contributed by atoms with van der Waals surface area (Å²) in [6.07, 6.45) is 0.